The Morgan fingerprint density at radius 2 is 1.90 bits per heavy atom. The summed E-state index contributed by atoms with van der Waals surface area (Å²) < 4.78 is 2.60. The smallest absolute Gasteiger partial charge is 0.250 e. The van der Waals surface area contributed by atoms with E-state index in [0.29, 0.717) is 28.0 Å². The number of carbonyl (C=O) groups is 2. The molecule has 3 atom stereocenters. The second kappa shape index (κ2) is 8.84. The molecule has 2 aliphatic rings. The van der Waals surface area contributed by atoms with Crippen LogP contribution in [-0.2, 0) is 11.3 Å². The number of nitrogens with one attached hydrogen (secondary N) is 1. The van der Waals surface area contributed by atoms with Gasteiger partial charge in [0.05, 0.1) is 5.25 Å². The van der Waals surface area contributed by atoms with Gasteiger partial charge >= 0.3 is 0 Å². The van der Waals surface area contributed by atoms with Gasteiger partial charge in [-0.05, 0) is 49.6 Å². The summed E-state index contributed by atoms with van der Waals surface area (Å²) in [5.41, 5.74) is 7.37. The minimum atomic E-state index is -0.508. The summed E-state index contributed by atoms with van der Waals surface area (Å²) in [6.07, 6.45) is 1.06. The number of rotatable bonds is 4. The molecule has 3 heterocycles. The van der Waals surface area contributed by atoms with Crippen molar-refractivity contribution in [2.45, 2.75) is 31.1 Å². The first kappa shape index (κ1) is 21.6. The molecular formula is C22H24N4O3S2. The van der Waals surface area contributed by atoms with E-state index < -0.39 is 5.91 Å². The van der Waals surface area contributed by atoms with Crippen molar-refractivity contribution in [3.63, 3.8) is 0 Å². The van der Waals surface area contributed by atoms with E-state index in [9.17, 15) is 14.4 Å². The number of pyridine rings is 1. The van der Waals surface area contributed by atoms with E-state index in [1.807, 2.05) is 23.6 Å². The third-order valence-electron chi connectivity index (χ3n) is 5.82. The highest BCUT2D eigenvalue weighted by Gasteiger charge is 2.35. The summed E-state index contributed by atoms with van der Waals surface area (Å²) in [4.78, 5) is 38.1. The Bertz CT molecular complexity index is 1080. The number of nitrogens with zero attached hydrogens (tertiary/aromatic N) is 2. The van der Waals surface area contributed by atoms with Crippen molar-refractivity contribution in [3.05, 3.63) is 64.1 Å². The number of thiocarbonyl (C=S) groups is 1. The zero-order valence-electron chi connectivity index (χ0n) is 17.1. The van der Waals surface area contributed by atoms with E-state index in [4.69, 9.17) is 18.0 Å². The molecule has 1 aromatic heterocycles. The first-order valence-electron chi connectivity index (χ1n) is 10.2. The van der Waals surface area contributed by atoms with Crippen LogP contribution in [0.2, 0.25) is 0 Å². The van der Waals surface area contributed by atoms with E-state index in [1.54, 1.807) is 30.3 Å². The average Bonchev–Trinajstić information content (AvgIpc) is 2.74. The van der Waals surface area contributed by atoms with E-state index in [-0.39, 0.29) is 22.6 Å². The van der Waals surface area contributed by atoms with Gasteiger partial charge < -0.3 is 20.5 Å². The minimum absolute atomic E-state index is 0.0618. The molecule has 2 aliphatic heterocycles. The summed E-state index contributed by atoms with van der Waals surface area (Å²) in [7, 11) is 0. The summed E-state index contributed by atoms with van der Waals surface area (Å²) in [5, 5.41) is 2.47. The molecule has 2 aromatic rings. The number of aromatic nitrogens is 1. The number of hydrogen-bond donors (Lipinski definition) is 2. The Morgan fingerprint density at radius 3 is 2.61 bits per heavy atom. The zero-order chi connectivity index (χ0) is 22.1. The predicted molar refractivity (Wildman–Crippen MR) is 126 cm³/mol. The molecule has 3 N–H and O–H groups in total. The van der Waals surface area contributed by atoms with Crippen LogP contribution in [0.25, 0.3) is 0 Å². The number of nitrogens with two attached hydrogens (primary N) is 1. The first-order valence-corrected chi connectivity index (χ1v) is 11.5. The van der Waals surface area contributed by atoms with Gasteiger partial charge in [0.2, 0.25) is 11.8 Å². The number of carbonyl (C=O) groups excluding carboxylic acids is 2. The Balaban J connectivity index is 1.36. The topological polar surface area (TPSA) is 97.4 Å². The molecule has 1 saturated heterocycles. The quantitative estimate of drug-likeness (QED) is 0.686. The number of anilines is 1. The SMILES string of the molecule is C[C@@H](SC(=S)N1C[C@H]2C[C@@H](C1)c1cccc(=O)n1C2)C(=O)Nc1ccc(C(N)=O)cc1. The molecule has 31 heavy (non-hydrogen) atoms. The van der Waals surface area contributed by atoms with Crippen LogP contribution in [0.5, 0.6) is 0 Å². The van der Waals surface area contributed by atoms with Gasteiger partial charge in [0.25, 0.3) is 5.56 Å². The highest BCUT2D eigenvalue weighted by molar-refractivity contribution is 8.23. The van der Waals surface area contributed by atoms with Crippen LogP contribution in [-0.4, -0.2) is 43.9 Å². The molecule has 7 nitrogen and oxygen atoms in total. The fraction of sp³-hybridized carbons (Fsp3) is 0.364. The maximum atomic E-state index is 12.6. The molecule has 0 unspecified atom stereocenters. The molecule has 162 valence electrons. The van der Waals surface area contributed by atoms with Crippen LogP contribution in [0.15, 0.2) is 47.3 Å². The summed E-state index contributed by atoms with van der Waals surface area (Å²) in [6, 6.07) is 11.9. The Morgan fingerprint density at radius 1 is 1.16 bits per heavy atom. The number of likely N-dealkylation sites (tertiary alicyclic amines) is 1. The largest absolute Gasteiger partial charge is 0.366 e. The molecule has 2 amide bonds. The van der Waals surface area contributed by atoms with Crippen molar-refractivity contribution in [1.82, 2.24) is 9.47 Å². The van der Waals surface area contributed by atoms with Crippen LogP contribution >= 0.6 is 24.0 Å². The highest BCUT2D eigenvalue weighted by atomic mass is 32.2. The molecular weight excluding hydrogens is 432 g/mol. The molecule has 2 bridgehead atoms. The summed E-state index contributed by atoms with van der Waals surface area (Å²) in [6.45, 7) is 4.09. The van der Waals surface area contributed by atoms with Gasteiger partial charge in [-0.1, -0.05) is 30.0 Å². The number of fused-ring (bicyclic) bond motifs is 4. The molecule has 0 spiro atoms. The Hall–Kier alpha value is -2.65. The number of hydrogen-bond acceptors (Lipinski definition) is 5. The normalized spacial score (nSPS) is 20.5. The lowest BCUT2D eigenvalue weighted by atomic mass is 9.83. The average molecular weight is 457 g/mol. The fourth-order valence-corrected chi connectivity index (χ4v) is 5.64. The lowest BCUT2D eigenvalue weighted by Crippen LogP contribution is -2.48. The van der Waals surface area contributed by atoms with Crippen LogP contribution in [0.4, 0.5) is 5.69 Å². The Labute approximate surface area is 190 Å². The molecule has 9 heteroatoms. The lowest BCUT2D eigenvalue weighted by Gasteiger charge is -2.43. The number of benzene rings is 1. The van der Waals surface area contributed by atoms with Crippen LogP contribution in [0.1, 0.15) is 35.3 Å². The molecule has 0 aliphatic carbocycles. The number of amides is 2. The van der Waals surface area contributed by atoms with Crippen LogP contribution in [0.3, 0.4) is 0 Å². The van der Waals surface area contributed by atoms with E-state index in [0.717, 1.165) is 25.2 Å². The van der Waals surface area contributed by atoms with Crippen molar-refractivity contribution < 1.29 is 9.59 Å². The summed E-state index contributed by atoms with van der Waals surface area (Å²) in [5.74, 6) is -0.0233. The number of thioether (sulfide) groups is 1. The van der Waals surface area contributed by atoms with Gasteiger partial charge in [0.15, 0.2) is 0 Å². The second-order valence-corrected chi connectivity index (χ2v) is 10.0. The monoisotopic (exact) mass is 456 g/mol. The highest BCUT2D eigenvalue weighted by Crippen LogP contribution is 2.36. The molecule has 1 fully saturated rings. The van der Waals surface area contributed by atoms with Gasteiger partial charge in [-0.3, -0.25) is 14.4 Å². The van der Waals surface area contributed by atoms with Crippen molar-refractivity contribution >= 4 is 45.8 Å². The van der Waals surface area contributed by atoms with Gasteiger partial charge in [-0.2, -0.15) is 0 Å². The van der Waals surface area contributed by atoms with E-state index in [1.165, 1.54) is 11.8 Å². The lowest BCUT2D eigenvalue weighted by molar-refractivity contribution is -0.115. The fourth-order valence-electron chi connectivity index (χ4n) is 4.29. The second-order valence-electron chi connectivity index (χ2n) is 8.06. The first-order chi connectivity index (χ1) is 14.8. The molecule has 1 aromatic carbocycles. The van der Waals surface area contributed by atoms with Gasteiger partial charge in [0.1, 0.15) is 4.32 Å². The standard InChI is InChI=1S/C22H24N4O3S2/c1-13(21(29)24-17-7-5-15(6-8-17)20(23)28)31-22(30)25-10-14-9-16(12-25)18-3-2-4-19(27)26(18)11-14/h2-8,13-14,16H,9-12H2,1H3,(H2,23,28)(H,24,29)/t13-,14-,16+/m1/s1. The number of primary amides is 1. The minimum Gasteiger partial charge on any atom is -0.366 e. The van der Waals surface area contributed by atoms with Crippen molar-refractivity contribution in [2.24, 2.45) is 11.7 Å². The maximum Gasteiger partial charge on any atom is 0.250 e. The molecule has 0 saturated carbocycles. The van der Waals surface area contributed by atoms with Crippen molar-refractivity contribution in [2.75, 3.05) is 18.4 Å². The maximum absolute atomic E-state index is 12.6. The number of piperidine rings is 1. The van der Waals surface area contributed by atoms with Crippen LogP contribution in [0, 0.1) is 5.92 Å². The predicted octanol–water partition coefficient (Wildman–Crippen LogP) is 2.41. The molecule has 0 radical (unpaired) electrons. The van der Waals surface area contributed by atoms with E-state index >= 15 is 0 Å². The zero-order valence-corrected chi connectivity index (χ0v) is 18.7. The van der Waals surface area contributed by atoms with Gasteiger partial charge in [-0.25, -0.2) is 0 Å². The van der Waals surface area contributed by atoms with Crippen molar-refractivity contribution in [3.8, 4) is 0 Å². The molecule has 4 rings (SSSR count). The van der Waals surface area contributed by atoms with Crippen molar-refractivity contribution in [1.29, 1.82) is 0 Å². The van der Waals surface area contributed by atoms with Gasteiger partial charge in [-0.15, -0.1) is 0 Å². The third-order valence-corrected chi connectivity index (χ3v) is 7.40. The Kier molecular flexibility index (Phi) is 6.15. The summed E-state index contributed by atoms with van der Waals surface area (Å²) >= 11 is 7.04. The van der Waals surface area contributed by atoms with E-state index in [2.05, 4.69) is 10.2 Å². The third kappa shape index (κ3) is 4.67. The van der Waals surface area contributed by atoms with Gasteiger partial charge in [0, 0.05) is 48.6 Å². The van der Waals surface area contributed by atoms with Crippen LogP contribution < -0.4 is 16.6 Å².